The Balaban J connectivity index is 1.90. The summed E-state index contributed by atoms with van der Waals surface area (Å²) in [6, 6.07) is 8.82. The second kappa shape index (κ2) is 5.02. The first-order valence-electron chi connectivity index (χ1n) is 5.96. The van der Waals surface area contributed by atoms with E-state index in [2.05, 4.69) is 27.1 Å². The predicted octanol–water partition coefficient (Wildman–Crippen LogP) is 2.80. The maximum atomic E-state index is 12.9. The first-order chi connectivity index (χ1) is 9.74. The van der Waals surface area contributed by atoms with E-state index in [9.17, 15) is 4.39 Å². The largest absolute Gasteiger partial charge is 0.430 e. The highest BCUT2D eigenvalue weighted by Crippen LogP contribution is 2.14. The van der Waals surface area contributed by atoms with Gasteiger partial charge < -0.3 is 9.73 Å². The maximum absolute atomic E-state index is 12.9. The van der Waals surface area contributed by atoms with E-state index in [1.807, 2.05) is 31.3 Å². The molecule has 0 spiro atoms. The lowest BCUT2D eigenvalue weighted by Gasteiger charge is -1.97. The third-order valence-electron chi connectivity index (χ3n) is 2.73. The van der Waals surface area contributed by atoms with Gasteiger partial charge in [-0.15, -0.1) is 0 Å². The average molecular weight is 267 g/mol. The molecule has 0 bridgehead atoms. The highest BCUT2D eigenvalue weighted by atomic mass is 19.1. The summed E-state index contributed by atoms with van der Waals surface area (Å²) in [5.74, 6) is 5.39. The number of anilines is 1. The summed E-state index contributed by atoms with van der Waals surface area (Å²) in [6.07, 6.45) is 1.32. The number of fused-ring (bicyclic) bond motifs is 1. The van der Waals surface area contributed by atoms with Crippen molar-refractivity contribution in [2.45, 2.75) is 0 Å². The van der Waals surface area contributed by atoms with Gasteiger partial charge in [0.2, 0.25) is 5.95 Å². The second-order valence-corrected chi connectivity index (χ2v) is 4.07. The third kappa shape index (κ3) is 2.45. The number of benzene rings is 1. The van der Waals surface area contributed by atoms with E-state index in [-0.39, 0.29) is 5.89 Å². The molecular weight excluding hydrogens is 257 g/mol. The Kier molecular flexibility index (Phi) is 3.05. The van der Waals surface area contributed by atoms with Gasteiger partial charge in [0.05, 0.1) is 6.20 Å². The van der Waals surface area contributed by atoms with Gasteiger partial charge in [-0.05, 0) is 30.2 Å². The molecule has 0 aliphatic carbocycles. The van der Waals surface area contributed by atoms with Gasteiger partial charge in [0.15, 0.2) is 5.58 Å². The van der Waals surface area contributed by atoms with E-state index in [1.54, 1.807) is 0 Å². The number of nitrogens with zero attached hydrogens (tertiary/aromatic N) is 2. The van der Waals surface area contributed by atoms with Crippen molar-refractivity contribution in [1.29, 1.82) is 0 Å². The van der Waals surface area contributed by atoms with Gasteiger partial charge in [-0.2, -0.15) is 4.39 Å². The quantitative estimate of drug-likeness (QED) is 0.544. The van der Waals surface area contributed by atoms with E-state index < -0.39 is 5.95 Å². The highest BCUT2D eigenvalue weighted by molar-refractivity contribution is 5.71. The van der Waals surface area contributed by atoms with Crippen molar-refractivity contribution in [3.63, 3.8) is 0 Å². The molecule has 98 valence electrons. The molecule has 0 aliphatic rings. The number of oxazole rings is 1. The van der Waals surface area contributed by atoms with Crippen molar-refractivity contribution < 1.29 is 8.81 Å². The van der Waals surface area contributed by atoms with Gasteiger partial charge >= 0.3 is 0 Å². The fourth-order valence-corrected chi connectivity index (χ4v) is 1.71. The standard InChI is InChI=1S/C15H10FN3O/c1-17-11-5-2-10(3-6-11)4-7-15-19-12-9-18-14(16)8-13(12)20-15/h2-3,5-6,8-9,17H,1H3. The third-order valence-corrected chi connectivity index (χ3v) is 2.73. The van der Waals surface area contributed by atoms with Gasteiger partial charge in [-0.25, -0.2) is 9.97 Å². The summed E-state index contributed by atoms with van der Waals surface area (Å²) >= 11 is 0. The summed E-state index contributed by atoms with van der Waals surface area (Å²) in [5, 5.41) is 3.03. The smallest absolute Gasteiger partial charge is 0.274 e. The number of hydrogen-bond acceptors (Lipinski definition) is 4. The Morgan fingerprint density at radius 3 is 2.75 bits per heavy atom. The number of nitrogens with one attached hydrogen (secondary N) is 1. The number of halogens is 1. The van der Waals surface area contributed by atoms with Crippen molar-refractivity contribution in [1.82, 2.24) is 9.97 Å². The Morgan fingerprint density at radius 2 is 2.00 bits per heavy atom. The molecule has 3 rings (SSSR count). The zero-order valence-electron chi connectivity index (χ0n) is 10.6. The topological polar surface area (TPSA) is 51.0 Å². The van der Waals surface area contributed by atoms with Crippen LogP contribution in [0.15, 0.2) is 40.9 Å². The van der Waals surface area contributed by atoms with Crippen LogP contribution < -0.4 is 5.32 Å². The summed E-state index contributed by atoms with van der Waals surface area (Å²) in [7, 11) is 1.85. The summed E-state index contributed by atoms with van der Waals surface area (Å²) in [4.78, 5) is 7.63. The zero-order chi connectivity index (χ0) is 13.9. The lowest BCUT2D eigenvalue weighted by Crippen LogP contribution is -1.86. The second-order valence-electron chi connectivity index (χ2n) is 4.07. The Morgan fingerprint density at radius 1 is 1.20 bits per heavy atom. The van der Waals surface area contributed by atoms with Gasteiger partial charge in [0.1, 0.15) is 5.52 Å². The molecule has 0 amide bonds. The molecule has 2 heterocycles. The van der Waals surface area contributed by atoms with E-state index in [4.69, 9.17) is 4.42 Å². The molecule has 20 heavy (non-hydrogen) atoms. The van der Waals surface area contributed by atoms with Crippen LogP contribution in [0.3, 0.4) is 0 Å². The molecule has 0 saturated carbocycles. The Labute approximate surface area is 114 Å². The summed E-state index contributed by atoms with van der Waals surface area (Å²) in [5.41, 5.74) is 2.68. The monoisotopic (exact) mass is 267 g/mol. The van der Waals surface area contributed by atoms with Crippen LogP contribution in [0.4, 0.5) is 10.1 Å². The molecule has 0 radical (unpaired) electrons. The first-order valence-corrected chi connectivity index (χ1v) is 5.96. The Bertz CT molecular complexity index is 812. The molecule has 3 aromatic rings. The normalized spacial score (nSPS) is 10.1. The predicted molar refractivity (Wildman–Crippen MR) is 73.7 cm³/mol. The van der Waals surface area contributed by atoms with E-state index in [1.165, 1.54) is 12.3 Å². The van der Waals surface area contributed by atoms with Crippen LogP contribution in [0.5, 0.6) is 0 Å². The van der Waals surface area contributed by atoms with Crippen LogP contribution in [0.2, 0.25) is 0 Å². The van der Waals surface area contributed by atoms with Crippen molar-refractivity contribution in [3.05, 3.63) is 53.9 Å². The van der Waals surface area contributed by atoms with Crippen LogP contribution in [0.25, 0.3) is 11.1 Å². The van der Waals surface area contributed by atoms with Crippen molar-refractivity contribution in [2.75, 3.05) is 12.4 Å². The number of pyridine rings is 1. The number of aromatic nitrogens is 2. The fraction of sp³-hybridized carbons (Fsp3) is 0.0667. The molecular formula is C15H10FN3O. The molecule has 4 nitrogen and oxygen atoms in total. The summed E-state index contributed by atoms with van der Waals surface area (Å²) < 4.78 is 18.3. The molecule has 2 aromatic heterocycles. The fourth-order valence-electron chi connectivity index (χ4n) is 1.71. The zero-order valence-corrected chi connectivity index (χ0v) is 10.6. The van der Waals surface area contributed by atoms with E-state index >= 15 is 0 Å². The molecule has 1 aromatic carbocycles. The average Bonchev–Trinajstić information content (AvgIpc) is 2.87. The minimum Gasteiger partial charge on any atom is -0.430 e. The van der Waals surface area contributed by atoms with Crippen molar-refractivity contribution >= 4 is 16.8 Å². The molecule has 0 unspecified atom stereocenters. The molecule has 0 fully saturated rings. The number of rotatable bonds is 1. The molecule has 0 saturated heterocycles. The number of hydrogen-bond donors (Lipinski definition) is 1. The van der Waals surface area contributed by atoms with Gasteiger partial charge in [-0.3, -0.25) is 0 Å². The minimum absolute atomic E-state index is 0.241. The van der Waals surface area contributed by atoms with Gasteiger partial charge in [0.25, 0.3) is 5.89 Å². The van der Waals surface area contributed by atoms with Crippen molar-refractivity contribution in [2.24, 2.45) is 0 Å². The van der Waals surface area contributed by atoms with E-state index in [0.717, 1.165) is 11.3 Å². The maximum Gasteiger partial charge on any atom is 0.274 e. The summed E-state index contributed by atoms with van der Waals surface area (Å²) in [6.45, 7) is 0. The van der Waals surface area contributed by atoms with Gasteiger partial charge in [-0.1, -0.05) is 5.92 Å². The van der Waals surface area contributed by atoms with E-state index in [0.29, 0.717) is 11.1 Å². The molecule has 5 heteroatoms. The Hall–Kier alpha value is -2.87. The highest BCUT2D eigenvalue weighted by Gasteiger charge is 2.05. The first kappa shape index (κ1) is 12.2. The SMILES string of the molecule is CNc1ccc(C#Cc2nc3cnc(F)cc3o2)cc1. The van der Waals surface area contributed by atoms with Crippen molar-refractivity contribution in [3.8, 4) is 11.8 Å². The van der Waals surface area contributed by atoms with Crippen LogP contribution in [0.1, 0.15) is 11.5 Å². The van der Waals surface area contributed by atoms with Crippen LogP contribution in [-0.4, -0.2) is 17.0 Å². The molecule has 1 N–H and O–H groups in total. The van der Waals surface area contributed by atoms with Crippen LogP contribution in [-0.2, 0) is 0 Å². The lowest BCUT2D eigenvalue weighted by molar-refractivity contribution is 0.564. The molecule has 0 aliphatic heterocycles. The van der Waals surface area contributed by atoms with Crippen LogP contribution >= 0.6 is 0 Å². The molecule has 0 atom stereocenters. The minimum atomic E-state index is -0.601. The van der Waals surface area contributed by atoms with Crippen LogP contribution in [0, 0.1) is 17.8 Å². The lowest BCUT2D eigenvalue weighted by atomic mass is 10.2. The van der Waals surface area contributed by atoms with Gasteiger partial charge in [0, 0.05) is 24.4 Å².